The highest BCUT2D eigenvalue weighted by atomic mass is 35.5. The van der Waals surface area contributed by atoms with Crippen LogP contribution in [0.15, 0.2) is 42.6 Å². The van der Waals surface area contributed by atoms with Crippen LogP contribution in [-0.4, -0.2) is 24.0 Å². The molecule has 0 radical (unpaired) electrons. The molecule has 1 aromatic heterocycles. The third-order valence-electron chi connectivity index (χ3n) is 4.40. The SMILES string of the molecule is CNc1ncccc1[C@@H]1C[C@H](NC(C)=O)C[C@H](c2ccc(Cl)cc2)O1. The van der Waals surface area contributed by atoms with Crippen molar-refractivity contribution in [3.63, 3.8) is 0 Å². The van der Waals surface area contributed by atoms with Crippen LogP contribution >= 0.6 is 11.6 Å². The highest BCUT2D eigenvalue weighted by Gasteiger charge is 2.33. The number of hydrogen-bond acceptors (Lipinski definition) is 4. The Bertz CT molecular complexity index is 736. The van der Waals surface area contributed by atoms with Crippen molar-refractivity contribution < 1.29 is 9.53 Å². The van der Waals surface area contributed by atoms with Gasteiger partial charge < -0.3 is 15.4 Å². The lowest BCUT2D eigenvalue weighted by molar-refractivity contribution is -0.122. The summed E-state index contributed by atoms with van der Waals surface area (Å²) in [5.41, 5.74) is 2.05. The van der Waals surface area contributed by atoms with Crippen molar-refractivity contribution in [1.82, 2.24) is 10.3 Å². The number of amides is 1. The van der Waals surface area contributed by atoms with Gasteiger partial charge in [-0.25, -0.2) is 4.98 Å². The average molecular weight is 360 g/mol. The van der Waals surface area contributed by atoms with E-state index in [0.717, 1.165) is 23.4 Å². The van der Waals surface area contributed by atoms with Gasteiger partial charge in [-0.05, 0) is 36.6 Å². The normalized spacial score (nSPS) is 23.1. The molecule has 1 aromatic carbocycles. The topological polar surface area (TPSA) is 63.2 Å². The molecule has 2 N–H and O–H groups in total. The minimum Gasteiger partial charge on any atom is -0.373 e. The van der Waals surface area contributed by atoms with E-state index in [4.69, 9.17) is 16.3 Å². The van der Waals surface area contributed by atoms with Crippen molar-refractivity contribution in [2.24, 2.45) is 0 Å². The summed E-state index contributed by atoms with van der Waals surface area (Å²) < 4.78 is 6.38. The fourth-order valence-corrected chi connectivity index (χ4v) is 3.43. The first-order chi connectivity index (χ1) is 12.1. The van der Waals surface area contributed by atoms with Gasteiger partial charge in [0.1, 0.15) is 5.82 Å². The summed E-state index contributed by atoms with van der Waals surface area (Å²) in [6.45, 7) is 1.55. The highest BCUT2D eigenvalue weighted by Crippen LogP contribution is 2.40. The predicted octanol–water partition coefficient (Wildman–Crippen LogP) is 3.87. The highest BCUT2D eigenvalue weighted by molar-refractivity contribution is 6.30. The van der Waals surface area contributed by atoms with Gasteiger partial charge in [0.25, 0.3) is 0 Å². The second-order valence-corrected chi connectivity index (χ2v) is 6.66. The first kappa shape index (κ1) is 17.7. The van der Waals surface area contributed by atoms with Crippen molar-refractivity contribution in [2.75, 3.05) is 12.4 Å². The van der Waals surface area contributed by atoms with E-state index in [1.54, 1.807) is 13.1 Å². The maximum absolute atomic E-state index is 11.6. The number of carbonyl (C=O) groups is 1. The molecule has 3 rings (SSSR count). The zero-order valence-corrected chi connectivity index (χ0v) is 15.1. The van der Waals surface area contributed by atoms with Crippen molar-refractivity contribution in [2.45, 2.75) is 38.0 Å². The van der Waals surface area contributed by atoms with Crippen LogP contribution in [0.1, 0.15) is 43.1 Å². The molecule has 0 spiro atoms. The quantitative estimate of drug-likeness (QED) is 0.869. The monoisotopic (exact) mass is 359 g/mol. The molecular formula is C19H22ClN3O2. The summed E-state index contributed by atoms with van der Waals surface area (Å²) >= 11 is 6.00. The van der Waals surface area contributed by atoms with Gasteiger partial charge in [0.05, 0.1) is 12.2 Å². The van der Waals surface area contributed by atoms with Crippen molar-refractivity contribution in [1.29, 1.82) is 0 Å². The van der Waals surface area contributed by atoms with Gasteiger partial charge in [0.15, 0.2) is 0 Å². The molecule has 25 heavy (non-hydrogen) atoms. The fourth-order valence-electron chi connectivity index (χ4n) is 3.31. The Balaban J connectivity index is 1.89. The number of nitrogens with zero attached hydrogens (tertiary/aromatic N) is 1. The third kappa shape index (κ3) is 4.30. The molecule has 0 aliphatic carbocycles. The molecule has 0 saturated carbocycles. The summed E-state index contributed by atoms with van der Waals surface area (Å²) in [6.07, 6.45) is 2.93. The van der Waals surface area contributed by atoms with Crippen LogP contribution in [0, 0.1) is 0 Å². The third-order valence-corrected chi connectivity index (χ3v) is 4.65. The number of ether oxygens (including phenoxy) is 1. The van der Waals surface area contributed by atoms with Crippen LogP contribution in [0.4, 0.5) is 5.82 Å². The van der Waals surface area contributed by atoms with Crippen molar-refractivity contribution in [3.8, 4) is 0 Å². The Morgan fingerprint density at radius 3 is 2.60 bits per heavy atom. The molecular weight excluding hydrogens is 338 g/mol. The van der Waals surface area contributed by atoms with Gasteiger partial charge >= 0.3 is 0 Å². The molecule has 1 fully saturated rings. The molecule has 1 aliphatic heterocycles. The number of nitrogens with one attached hydrogen (secondary N) is 2. The number of rotatable bonds is 4. The molecule has 0 bridgehead atoms. The number of benzene rings is 1. The van der Waals surface area contributed by atoms with Crippen molar-refractivity contribution >= 4 is 23.3 Å². The van der Waals surface area contributed by atoms with Gasteiger partial charge in [0.2, 0.25) is 5.91 Å². The second kappa shape index (κ2) is 7.85. The van der Waals surface area contributed by atoms with E-state index in [0.29, 0.717) is 11.4 Å². The summed E-state index contributed by atoms with van der Waals surface area (Å²) in [6, 6.07) is 11.6. The molecule has 5 nitrogen and oxygen atoms in total. The zero-order valence-electron chi connectivity index (χ0n) is 14.3. The minimum atomic E-state index is -0.151. The molecule has 132 valence electrons. The molecule has 1 amide bonds. The summed E-state index contributed by atoms with van der Waals surface area (Å²) in [7, 11) is 1.84. The molecule has 1 aliphatic rings. The number of anilines is 1. The molecule has 2 heterocycles. The number of hydrogen-bond donors (Lipinski definition) is 2. The number of halogens is 1. The summed E-state index contributed by atoms with van der Waals surface area (Å²) in [4.78, 5) is 15.9. The maximum Gasteiger partial charge on any atom is 0.217 e. The Morgan fingerprint density at radius 2 is 1.92 bits per heavy atom. The van der Waals surface area contributed by atoms with Crippen LogP contribution in [0.25, 0.3) is 0 Å². The van der Waals surface area contributed by atoms with Crippen LogP contribution in [-0.2, 0) is 9.53 Å². The van der Waals surface area contributed by atoms with Crippen LogP contribution in [0.5, 0.6) is 0 Å². The van der Waals surface area contributed by atoms with Gasteiger partial charge in [-0.3, -0.25) is 4.79 Å². The standard InChI is InChI=1S/C19H22ClN3O2/c1-12(24)23-15-10-17(13-5-7-14(20)8-6-13)25-18(11-15)16-4-3-9-22-19(16)21-2/h3-9,15,17-18H,10-11H2,1-2H3,(H,21,22)(H,23,24)/t15-,17-,18+/m1/s1. The van der Waals surface area contributed by atoms with E-state index in [1.807, 2.05) is 43.4 Å². The molecule has 6 heteroatoms. The smallest absolute Gasteiger partial charge is 0.217 e. The average Bonchev–Trinajstić information content (AvgIpc) is 2.61. The van der Waals surface area contributed by atoms with E-state index in [-0.39, 0.29) is 24.2 Å². The van der Waals surface area contributed by atoms with Crippen LogP contribution in [0.3, 0.4) is 0 Å². The number of aromatic nitrogens is 1. The van der Waals surface area contributed by atoms with E-state index in [1.165, 1.54) is 0 Å². The lowest BCUT2D eigenvalue weighted by Crippen LogP contribution is -2.39. The van der Waals surface area contributed by atoms with E-state index in [2.05, 4.69) is 15.6 Å². The van der Waals surface area contributed by atoms with Crippen LogP contribution in [0.2, 0.25) is 5.02 Å². The molecule has 3 atom stereocenters. The Morgan fingerprint density at radius 1 is 1.20 bits per heavy atom. The lowest BCUT2D eigenvalue weighted by Gasteiger charge is -2.36. The Hall–Kier alpha value is -2.11. The molecule has 0 unspecified atom stereocenters. The van der Waals surface area contributed by atoms with E-state index < -0.39 is 0 Å². The maximum atomic E-state index is 11.6. The Labute approximate surface area is 152 Å². The first-order valence-corrected chi connectivity index (χ1v) is 8.75. The Kier molecular flexibility index (Phi) is 5.56. The van der Waals surface area contributed by atoms with Gasteiger partial charge in [0, 0.05) is 36.8 Å². The number of carbonyl (C=O) groups excluding carboxylic acids is 1. The van der Waals surface area contributed by atoms with E-state index >= 15 is 0 Å². The minimum absolute atomic E-state index is 0.0273. The van der Waals surface area contributed by atoms with E-state index in [9.17, 15) is 4.79 Å². The predicted molar refractivity (Wildman–Crippen MR) is 98.6 cm³/mol. The van der Waals surface area contributed by atoms with Gasteiger partial charge in [-0.2, -0.15) is 0 Å². The lowest BCUT2D eigenvalue weighted by atomic mass is 9.91. The largest absolute Gasteiger partial charge is 0.373 e. The van der Waals surface area contributed by atoms with Crippen LogP contribution < -0.4 is 10.6 Å². The zero-order chi connectivity index (χ0) is 17.8. The molecule has 1 saturated heterocycles. The summed E-state index contributed by atoms with van der Waals surface area (Å²) in [5, 5.41) is 6.85. The van der Waals surface area contributed by atoms with Gasteiger partial charge in [-0.1, -0.05) is 29.8 Å². The first-order valence-electron chi connectivity index (χ1n) is 8.37. The molecule has 2 aromatic rings. The summed E-state index contributed by atoms with van der Waals surface area (Å²) in [5.74, 6) is 0.770. The van der Waals surface area contributed by atoms with Crippen molar-refractivity contribution in [3.05, 3.63) is 58.7 Å². The second-order valence-electron chi connectivity index (χ2n) is 6.23. The number of pyridine rings is 1. The van der Waals surface area contributed by atoms with Gasteiger partial charge in [-0.15, -0.1) is 0 Å². The fraction of sp³-hybridized carbons (Fsp3) is 0.368.